The molecular formula is C17H15F3N2O4. The first-order valence-electron chi connectivity index (χ1n) is 7.70. The fourth-order valence-electron chi connectivity index (χ4n) is 2.53. The number of fused-ring (bicyclic) bond motifs is 1. The highest BCUT2D eigenvalue weighted by Gasteiger charge is 2.31. The molecule has 1 aromatic heterocycles. The maximum Gasteiger partial charge on any atom is 0.417 e. The van der Waals surface area contributed by atoms with Gasteiger partial charge in [0.25, 0.3) is 5.56 Å². The molecule has 26 heavy (non-hydrogen) atoms. The van der Waals surface area contributed by atoms with Gasteiger partial charge in [0, 0.05) is 12.3 Å². The van der Waals surface area contributed by atoms with Crippen molar-refractivity contribution in [2.45, 2.75) is 25.7 Å². The summed E-state index contributed by atoms with van der Waals surface area (Å²) in [5.41, 5.74) is -0.948. The van der Waals surface area contributed by atoms with Crippen molar-refractivity contribution < 1.29 is 27.4 Å². The fourth-order valence-corrected chi connectivity index (χ4v) is 2.53. The van der Waals surface area contributed by atoms with Gasteiger partial charge < -0.3 is 19.4 Å². The largest absolute Gasteiger partial charge is 0.454 e. The zero-order valence-corrected chi connectivity index (χ0v) is 13.7. The summed E-state index contributed by atoms with van der Waals surface area (Å²) in [5.74, 6) is 0.567. The van der Waals surface area contributed by atoms with Crippen molar-refractivity contribution in [2.75, 3.05) is 6.79 Å². The average Bonchev–Trinajstić information content (AvgIpc) is 3.03. The molecule has 2 heterocycles. The van der Waals surface area contributed by atoms with Crippen LogP contribution >= 0.6 is 0 Å². The Balaban J connectivity index is 1.70. The molecule has 6 nitrogen and oxygen atoms in total. The molecule has 0 bridgehead atoms. The van der Waals surface area contributed by atoms with Crippen LogP contribution in [0.25, 0.3) is 0 Å². The lowest BCUT2D eigenvalue weighted by Gasteiger charge is -2.16. The first kappa shape index (κ1) is 17.8. The summed E-state index contributed by atoms with van der Waals surface area (Å²) < 4.78 is 49.4. The molecule has 1 aliphatic rings. The average molecular weight is 368 g/mol. The van der Waals surface area contributed by atoms with Gasteiger partial charge in [0.1, 0.15) is 6.54 Å². The lowest BCUT2D eigenvalue weighted by molar-refractivity contribution is -0.138. The highest BCUT2D eigenvalue weighted by molar-refractivity contribution is 5.76. The van der Waals surface area contributed by atoms with Gasteiger partial charge in [-0.25, -0.2) is 0 Å². The zero-order chi connectivity index (χ0) is 18.9. The first-order chi connectivity index (χ1) is 12.2. The Bertz CT molecular complexity index is 892. The number of carbonyl (C=O) groups excluding carboxylic acids is 1. The van der Waals surface area contributed by atoms with Crippen LogP contribution in [0.5, 0.6) is 11.5 Å². The van der Waals surface area contributed by atoms with Crippen molar-refractivity contribution in [1.29, 1.82) is 0 Å². The minimum atomic E-state index is -4.59. The van der Waals surface area contributed by atoms with Crippen LogP contribution in [0.1, 0.15) is 24.1 Å². The number of nitrogens with zero attached hydrogens (tertiary/aromatic N) is 1. The van der Waals surface area contributed by atoms with Crippen molar-refractivity contribution in [3.8, 4) is 11.5 Å². The summed E-state index contributed by atoms with van der Waals surface area (Å²) in [7, 11) is 0. The lowest BCUT2D eigenvalue weighted by Crippen LogP contribution is -2.34. The molecule has 0 aliphatic carbocycles. The molecule has 0 saturated carbocycles. The topological polar surface area (TPSA) is 69.6 Å². The van der Waals surface area contributed by atoms with Crippen LogP contribution in [0.4, 0.5) is 13.2 Å². The minimum absolute atomic E-state index is 0.123. The van der Waals surface area contributed by atoms with Gasteiger partial charge in [-0.1, -0.05) is 6.07 Å². The molecule has 0 spiro atoms. The van der Waals surface area contributed by atoms with Crippen LogP contribution in [0.2, 0.25) is 0 Å². The molecule has 3 rings (SSSR count). The SMILES string of the molecule is C[C@@H](NC(=O)Cn1cc(C(F)(F)F)ccc1=O)c1ccc2c(c1)OCO2. The standard InChI is InChI=1S/C17H15F3N2O4/c1-10(11-2-4-13-14(6-11)26-9-25-13)21-15(23)8-22-7-12(17(18,19)20)3-5-16(22)24/h2-7,10H,8-9H2,1H3,(H,21,23)/t10-/m1/s1. The van der Waals surface area contributed by atoms with Gasteiger partial charge in [-0.15, -0.1) is 0 Å². The van der Waals surface area contributed by atoms with E-state index in [0.717, 1.165) is 16.2 Å². The number of rotatable bonds is 4. The Kier molecular flexibility index (Phi) is 4.62. The predicted octanol–water partition coefficient (Wildman–Crippen LogP) is 2.47. The fraction of sp³-hybridized carbons (Fsp3) is 0.294. The van der Waals surface area contributed by atoms with E-state index in [2.05, 4.69) is 5.32 Å². The van der Waals surface area contributed by atoms with Crippen LogP contribution in [-0.4, -0.2) is 17.3 Å². The van der Waals surface area contributed by atoms with E-state index in [9.17, 15) is 22.8 Å². The highest BCUT2D eigenvalue weighted by atomic mass is 19.4. The maximum absolute atomic E-state index is 12.7. The summed E-state index contributed by atoms with van der Waals surface area (Å²) in [6.07, 6.45) is -3.96. The van der Waals surface area contributed by atoms with E-state index < -0.39 is 35.8 Å². The third-order valence-corrected chi connectivity index (χ3v) is 3.90. The summed E-state index contributed by atoms with van der Waals surface area (Å²) in [5, 5.41) is 2.64. The second-order valence-electron chi connectivity index (χ2n) is 5.78. The van der Waals surface area contributed by atoms with Gasteiger partial charge in [-0.05, 0) is 30.7 Å². The number of ether oxygens (including phenoxy) is 2. The third-order valence-electron chi connectivity index (χ3n) is 3.90. The minimum Gasteiger partial charge on any atom is -0.454 e. The first-order valence-corrected chi connectivity index (χ1v) is 7.70. The molecule has 138 valence electrons. The predicted molar refractivity (Wildman–Crippen MR) is 84.8 cm³/mol. The second kappa shape index (κ2) is 6.74. The Morgan fingerprint density at radius 3 is 2.69 bits per heavy atom. The molecular weight excluding hydrogens is 353 g/mol. The van der Waals surface area contributed by atoms with E-state index in [1.54, 1.807) is 25.1 Å². The quantitative estimate of drug-likeness (QED) is 0.900. The Morgan fingerprint density at radius 1 is 1.23 bits per heavy atom. The van der Waals surface area contributed by atoms with Crippen molar-refractivity contribution in [2.24, 2.45) is 0 Å². The Hall–Kier alpha value is -2.97. The molecule has 1 N–H and O–H groups in total. The van der Waals surface area contributed by atoms with Crippen LogP contribution in [0, 0.1) is 0 Å². The van der Waals surface area contributed by atoms with Crippen LogP contribution in [-0.2, 0) is 17.5 Å². The Labute approximate surface area is 146 Å². The number of nitrogens with one attached hydrogen (secondary N) is 1. The molecule has 1 aromatic carbocycles. The maximum atomic E-state index is 12.7. The van der Waals surface area contributed by atoms with E-state index in [0.29, 0.717) is 23.8 Å². The number of alkyl halides is 3. The smallest absolute Gasteiger partial charge is 0.417 e. The van der Waals surface area contributed by atoms with Crippen molar-refractivity contribution in [3.05, 3.63) is 58.0 Å². The van der Waals surface area contributed by atoms with E-state index >= 15 is 0 Å². The molecule has 1 aliphatic heterocycles. The zero-order valence-electron chi connectivity index (χ0n) is 13.7. The van der Waals surface area contributed by atoms with E-state index in [1.165, 1.54) is 0 Å². The van der Waals surface area contributed by atoms with Crippen LogP contribution in [0.3, 0.4) is 0 Å². The summed E-state index contributed by atoms with van der Waals surface area (Å²) in [6, 6.07) is 6.21. The molecule has 1 amide bonds. The van der Waals surface area contributed by atoms with Crippen molar-refractivity contribution in [3.63, 3.8) is 0 Å². The monoisotopic (exact) mass is 368 g/mol. The number of halogens is 3. The van der Waals surface area contributed by atoms with E-state index in [1.807, 2.05) is 0 Å². The summed E-state index contributed by atoms with van der Waals surface area (Å²) >= 11 is 0. The third kappa shape index (κ3) is 3.81. The van der Waals surface area contributed by atoms with E-state index in [4.69, 9.17) is 9.47 Å². The molecule has 1 atom stereocenters. The number of carbonyl (C=O) groups is 1. The second-order valence-corrected chi connectivity index (χ2v) is 5.78. The van der Waals surface area contributed by atoms with Crippen LogP contribution < -0.4 is 20.3 Å². The Morgan fingerprint density at radius 2 is 1.96 bits per heavy atom. The van der Waals surface area contributed by atoms with Gasteiger partial charge in [0.2, 0.25) is 12.7 Å². The van der Waals surface area contributed by atoms with Crippen molar-refractivity contribution in [1.82, 2.24) is 9.88 Å². The van der Waals surface area contributed by atoms with Gasteiger partial charge in [-0.3, -0.25) is 9.59 Å². The molecule has 0 fully saturated rings. The normalized spacial score (nSPS) is 14.2. The highest BCUT2D eigenvalue weighted by Crippen LogP contribution is 2.34. The molecule has 9 heteroatoms. The number of hydrogen-bond acceptors (Lipinski definition) is 4. The number of amides is 1. The van der Waals surface area contributed by atoms with Crippen molar-refractivity contribution >= 4 is 5.91 Å². The summed E-state index contributed by atoms with van der Waals surface area (Å²) in [4.78, 5) is 23.8. The number of pyridine rings is 1. The summed E-state index contributed by atoms with van der Waals surface area (Å²) in [6.45, 7) is 1.32. The van der Waals surface area contributed by atoms with Gasteiger partial charge >= 0.3 is 6.18 Å². The number of hydrogen-bond donors (Lipinski definition) is 1. The number of benzene rings is 1. The molecule has 2 aromatic rings. The van der Waals surface area contributed by atoms with Gasteiger partial charge in [-0.2, -0.15) is 13.2 Å². The van der Waals surface area contributed by atoms with Gasteiger partial charge in [0.05, 0.1) is 11.6 Å². The van der Waals surface area contributed by atoms with Crippen LogP contribution in [0.15, 0.2) is 41.3 Å². The van der Waals surface area contributed by atoms with E-state index in [-0.39, 0.29) is 6.79 Å². The number of aromatic nitrogens is 1. The molecule has 0 radical (unpaired) electrons. The van der Waals surface area contributed by atoms with Gasteiger partial charge in [0.15, 0.2) is 11.5 Å². The molecule has 0 unspecified atom stereocenters. The molecule has 0 saturated heterocycles. The lowest BCUT2D eigenvalue weighted by atomic mass is 10.1.